The SMILES string of the molecule is CC1CCCC(OC(CNC(C)C)c2ccccc2F)C1. The van der Waals surface area contributed by atoms with Crippen LogP contribution in [-0.4, -0.2) is 18.7 Å². The van der Waals surface area contributed by atoms with Crippen LogP contribution < -0.4 is 5.32 Å². The molecule has 1 aliphatic rings. The molecule has 0 spiro atoms. The molecule has 118 valence electrons. The molecule has 1 saturated carbocycles. The topological polar surface area (TPSA) is 21.3 Å². The Morgan fingerprint density at radius 1 is 1.29 bits per heavy atom. The normalized spacial score (nSPS) is 24.2. The molecule has 3 unspecified atom stereocenters. The highest BCUT2D eigenvalue weighted by molar-refractivity contribution is 5.20. The van der Waals surface area contributed by atoms with E-state index < -0.39 is 0 Å². The zero-order valence-electron chi connectivity index (χ0n) is 13.4. The van der Waals surface area contributed by atoms with Crippen molar-refractivity contribution in [1.82, 2.24) is 5.32 Å². The van der Waals surface area contributed by atoms with Crippen molar-refractivity contribution < 1.29 is 9.13 Å². The molecule has 3 heteroatoms. The van der Waals surface area contributed by atoms with Crippen LogP contribution in [0.25, 0.3) is 0 Å². The first kappa shape index (κ1) is 16.4. The first-order valence-electron chi connectivity index (χ1n) is 8.19. The Kier molecular flexibility index (Phi) is 6.19. The van der Waals surface area contributed by atoms with Gasteiger partial charge in [0.15, 0.2) is 0 Å². The molecule has 21 heavy (non-hydrogen) atoms. The van der Waals surface area contributed by atoms with E-state index in [1.54, 1.807) is 6.07 Å². The second kappa shape index (κ2) is 7.90. The van der Waals surface area contributed by atoms with E-state index in [0.717, 1.165) is 12.8 Å². The molecule has 1 aromatic rings. The molecule has 0 saturated heterocycles. The zero-order valence-corrected chi connectivity index (χ0v) is 13.4. The molecular weight excluding hydrogens is 265 g/mol. The first-order chi connectivity index (χ1) is 10.1. The monoisotopic (exact) mass is 293 g/mol. The summed E-state index contributed by atoms with van der Waals surface area (Å²) in [6, 6.07) is 7.34. The van der Waals surface area contributed by atoms with Gasteiger partial charge in [0.25, 0.3) is 0 Å². The molecule has 3 atom stereocenters. The Balaban J connectivity index is 2.06. The average molecular weight is 293 g/mol. The Morgan fingerprint density at radius 3 is 2.71 bits per heavy atom. The zero-order chi connectivity index (χ0) is 15.2. The Labute approximate surface area is 128 Å². The van der Waals surface area contributed by atoms with E-state index in [2.05, 4.69) is 26.1 Å². The summed E-state index contributed by atoms with van der Waals surface area (Å²) in [6.07, 6.45) is 4.74. The predicted octanol–water partition coefficient (Wildman–Crippen LogP) is 4.46. The molecule has 0 bridgehead atoms. The molecule has 0 aliphatic heterocycles. The molecule has 2 nitrogen and oxygen atoms in total. The summed E-state index contributed by atoms with van der Waals surface area (Å²) in [4.78, 5) is 0. The summed E-state index contributed by atoms with van der Waals surface area (Å²) in [5.74, 6) is 0.542. The maximum absolute atomic E-state index is 14.1. The first-order valence-corrected chi connectivity index (χ1v) is 8.19. The van der Waals surface area contributed by atoms with Crippen LogP contribution in [0.5, 0.6) is 0 Å². The second-order valence-corrected chi connectivity index (χ2v) is 6.60. The van der Waals surface area contributed by atoms with Crippen molar-refractivity contribution in [3.63, 3.8) is 0 Å². The van der Waals surface area contributed by atoms with Gasteiger partial charge < -0.3 is 10.1 Å². The predicted molar refractivity (Wildman–Crippen MR) is 84.8 cm³/mol. The number of hydrogen-bond acceptors (Lipinski definition) is 2. The highest BCUT2D eigenvalue weighted by Crippen LogP contribution is 2.30. The van der Waals surface area contributed by atoms with Crippen LogP contribution >= 0.6 is 0 Å². The summed E-state index contributed by atoms with van der Waals surface area (Å²) in [5.41, 5.74) is 0.670. The van der Waals surface area contributed by atoms with E-state index in [1.165, 1.54) is 18.9 Å². The number of hydrogen-bond donors (Lipinski definition) is 1. The van der Waals surface area contributed by atoms with Crippen molar-refractivity contribution in [3.05, 3.63) is 35.6 Å². The van der Waals surface area contributed by atoms with Crippen LogP contribution in [0.4, 0.5) is 4.39 Å². The Hall–Kier alpha value is -0.930. The number of ether oxygens (including phenoxy) is 1. The van der Waals surface area contributed by atoms with Gasteiger partial charge in [0, 0.05) is 18.2 Å². The number of nitrogens with one attached hydrogen (secondary N) is 1. The largest absolute Gasteiger partial charge is 0.369 e. The summed E-state index contributed by atoms with van der Waals surface area (Å²) in [7, 11) is 0. The second-order valence-electron chi connectivity index (χ2n) is 6.60. The molecule has 1 fully saturated rings. The molecule has 2 rings (SSSR count). The molecule has 0 radical (unpaired) electrons. The third kappa shape index (κ3) is 5.08. The number of halogens is 1. The van der Waals surface area contributed by atoms with Crippen LogP contribution in [0.1, 0.15) is 58.1 Å². The summed E-state index contributed by atoms with van der Waals surface area (Å²) in [6.45, 7) is 7.13. The van der Waals surface area contributed by atoms with E-state index in [0.29, 0.717) is 24.1 Å². The van der Waals surface area contributed by atoms with Crippen LogP contribution in [0, 0.1) is 11.7 Å². The quantitative estimate of drug-likeness (QED) is 0.836. The smallest absolute Gasteiger partial charge is 0.129 e. The van der Waals surface area contributed by atoms with Crippen molar-refractivity contribution in [2.75, 3.05) is 6.54 Å². The van der Waals surface area contributed by atoms with E-state index in [-0.39, 0.29) is 18.0 Å². The van der Waals surface area contributed by atoms with Crippen molar-refractivity contribution in [3.8, 4) is 0 Å². The van der Waals surface area contributed by atoms with Gasteiger partial charge in [0.2, 0.25) is 0 Å². The highest BCUT2D eigenvalue weighted by atomic mass is 19.1. The third-order valence-corrected chi connectivity index (χ3v) is 4.21. The molecule has 1 N–H and O–H groups in total. The van der Waals surface area contributed by atoms with Gasteiger partial charge in [0.05, 0.1) is 12.2 Å². The maximum atomic E-state index is 14.1. The molecule has 0 aromatic heterocycles. The van der Waals surface area contributed by atoms with Crippen molar-refractivity contribution in [2.45, 2.75) is 64.7 Å². The van der Waals surface area contributed by atoms with Crippen molar-refractivity contribution >= 4 is 0 Å². The number of benzene rings is 1. The Morgan fingerprint density at radius 2 is 2.05 bits per heavy atom. The van der Waals surface area contributed by atoms with E-state index in [1.807, 2.05) is 12.1 Å². The van der Waals surface area contributed by atoms with Gasteiger partial charge in [-0.2, -0.15) is 0 Å². The van der Waals surface area contributed by atoms with Gasteiger partial charge in [-0.1, -0.05) is 51.8 Å². The lowest BCUT2D eigenvalue weighted by Crippen LogP contribution is -2.33. The minimum absolute atomic E-state index is 0.170. The maximum Gasteiger partial charge on any atom is 0.129 e. The lowest BCUT2D eigenvalue weighted by atomic mass is 9.88. The number of rotatable bonds is 6. The van der Waals surface area contributed by atoms with Crippen molar-refractivity contribution in [2.24, 2.45) is 5.92 Å². The van der Waals surface area contributed by atoms with Gasteiger partial charge in [-0.15, -0.1) is 0 Å². The van der Waals surface area contributed by atoms with Crippen LogP contribution in [-0.2, 0) is 4.74 Å². The lowest BCUT2D eigenvalue weighted by molar-refractivity contribution is -0.0414. The summed E-state index contributed by atoms with van der Waals surface area (Å²) in [5, 5.41) is 3.38. The van der Waals surface area contributed by atoms with Gasteiger partial charge in [0.1, 0.15) is 5.82 Å². The molecule has 1 aliphatic carbocycles. The minimum Gasteiger partial charge on any atom is -0.369 e. The third-order valence-electron chi connectivity index (χ3n) is 4.21. The van der Waals surface area contributed by atoms with Gasteiger partial charge in [-0.05, 0) is 24.8 Å². The van der Waals surface area contributed by atoms with E-state index in [9.17, 15) is 4.39 Å². The van der Waals surface area contributed by atoms with Crippen molar-refractivity contribution in [1.29, 1.82) is 0 Å². The lowest BCUT2D eigenvalue weighted by Gasteiger charge is -2.31. The average Bonchev–Trinajstić information content (AvgIpc) is 2.44. The summed E-state index contributed by atoms with van der Waals surface area (Å²) >= 11 is 0. The molecular formula is C18H28FNO. The fourth-order valence-corrected chi connectivity index (χ4v) is 3.04. The standard InChI is InChI=1S/C18H28FNO/c1-13(2)20-12-18(16-9-4-5-10-17(16)19)21-15-8-6-7-14(3)11-15/h4-5,9-10,13-15,18,20H,6-8,11-12H2,1-3H3. The van der Waals surface area contributed by atoms with E-state index >= 15 is 0 Å². The Bertz CT molecular complexity index is 435. The molecule has 0 heterocycles. The van der Waals surface area contributed by atoms with Crippen LogP contribution in [0.2, 0.25) is 0 Å². The molecule has 0 amide bonds. The molecule has 1 aromatic carbocycles. The van der Waals surface area contributed by atoms with E-state index in [4.69, 9.17) is 4.74 Å². The fraction of sp³-hybridized carbons (Fsp3) is 0.667. The van der Waals surface area contributed by atoms with Gasteiger partial charge >= 0.3 is 0 Å². The van der Waals surface area contributed by atoms with Gasteiger partial charge in [-0.3, -0.25) is 0 Å². The summed E-state index contributed by atoms with van der Waals surface area (Å²) < 4.78 is 20.4. The minimum atomic E-state index is -0.205. The van der Waals surface area contributed by atoms with Crippen LogP contribution in [0.15, 0.2) is 24.3 Å². The van der Waals surface area contributed by atoms with Crippen LogP contribution in [0.3, 0.4) is 0 Å². The highest BCUT2D eigenvalue weighted by Gasteiger charge is 2.25. The van der Waals surface area contributed by atoms with Gasteiger partial charge in [-0.25, -0.2) is 4.39 Å². The fourth-order valence-electron chi connectivity index (χ4n) is 3.04.